The summed E-state index contributed by atoms with van der Waals surface area (Å²) in [4.78, 5) is 15.4. The molecule has 0 bridgehead atoms. The van der Waals surface area contributed by atoms with Crippen molar-refractivity contribution in [3.63, 3.8) is 0 Å². The van der Waals surface area contributed by atoms with Crippen LogP contribution in [0, 0.1) is 5.92 Å². The first-order valence-electron chi connectivity index (χ1n) is 6.80. The van der Waals surface area contributed by atoms with E-state index >= 15 is 0 Å². The van der Waals surface area contributed by atoms with Crippen LogP contribution in [-0.4, -0.2) is 30.6 Å². The van der Waals surface area contributed by atoms with Crippen LogP contribution in [0.25, 0.3) is 0 Å². The van der Waals surface area contributed by atoms with Gasteiger partial charge in [0.2, 0.25) is 5.90 Å². The Morgan fingerprint density at radius 2 is 2.00 bits per heavy atom. The van der Waals surface area contributed by atoms with Crippen molar-refractivity contribution in [1.29, 1.82) is 0 Å². The molecule has 21 heavy (non-hydrogen) atoms. The Hall–Kier alpha value is -0.880. The molecule has 0 aromatic heterocycles. The molecule has 5 nitrogen and oxygen atoms in total. The van der Waals surface area contributed by atoms with Crippen LogP contribution >= 0.6 is 0 Å². The number of rotatable bonds is 6. The van der Waals surface area contributed by atoms with Gasteiger partial charge in [-0.15, -0.1) is 0 Å². The third-order valence-corrected chi connectivity index (χ3v) is 3.54. The summed E-state index contributed by atoms with van der Waals surface area (Å²) in [5.74, 6) is -0.500. The Balaban J connectivity index is 0.00000161. The Morgan fingerprint density at radius 3 is 2.62 bits per heavy atom. The van der Waals surface area contributed by atoms with Gasteiger partial charge in [0, 0.05) is 0 Å². The van der Waals surface area contributed by atoms with E-state index in [-0.39, 0.29) is 42.2 Å². The first-order valence-corrected chi connectivity index (χ1v) is 6.80. The van der Waals surface area contributed by atoms with Gasteiger partial charge in [0.25, 0.3) is 0 Å². The predicted octanol–water partition coefficient (Wildman–Crippen LogP) is -2.47. The van der Waals surface area contributed by atoms with Gasteiger partial charge in [0.1, 0.15) is 6.61 Å². The number of aliphatic carboxylic acids is 1. The zero-order valence-electron chi connectivity index (χ0n) is 12.0. The van der Waals surface area contributed by atoms with Gasteiger partial charge < -0.3 is 19.4 Å². The molecule has 1 aromatic carbocycles. The SMILES string of the molecule is O=C([O-])[C@@H]1OC(COCc2ccccc2)=N[C@H]1C1CC1.[Na+]. The first kappa shape index (κ1) is 16.5. The molecule has 2 atom stereocenters. The molecule has 2 aliphatic rings. The van der Waals surface area contributed by atoms with Gasteiger partial charge in [0.15, 0.2) is 6.10 Å². The summed E-state index contributed by atoms with van der Waals surface area (Å²) in [7, 11) is 0. The van der Waals surface area contributed by atoms with Crippen LogP contribution in [0.4, 0.5) is 0 Å². The number of hydrogen-bond donors (Lipinski definition) is 0. The maximum atomic E-state index is 11.0. The maximum absolute atomic E-state index is 11.0. The van der Waals surface area contributed by atoms with Gasteiger partial charge in [-0.1, -0.05) is 30.3 Å². The number of carboxylic acids is 1. The van der Waals surface area contributed by atoms with Crippen molar-refractivity contribution in [1.82, 2.24) is 0 Å². The van der Waals surface area contributed by atoms with Gasteiger partial charge in [-0.25, -0.2) is 4.99 Å². The van der Waals surface area contributed by atoms with E-state index in [9.17, 15) is 9.90 Å². The molecule has 0 N–H and O–H groups in total. The molecule has 1 heterocycles. The van der Waals surface area contributed by atoms with E-state index < -0.39 is 12.1 Å². The van der Waals surface area contributed by atoms with E-state index in [0.29, 0.717) is 18.4 Å². The van der Waals surface area contributed by atoms with Crippen LogP contribution < -0.4 is 34.7 Å². The molecule has 1 aromatic rings. The quantitative estimate of drug-likeness (QED) is 0.546. The van der Waals surface area contributed by atoms with Crippen LogP contribution in [0.15, 0.2) is 35.3 Å². The Labute approximate surface area is 145 Å². The van der Waals surface area contributed by atoms with E-state index in [1.165, 1.54) is 0 Å². The molecule has 6 heteroatoms. The molecule has 0 saturated heterocycles. The Kier molecular flexibility index (Phi) is 5.81. The van der Waals surface area contributed by atoms with Gasteiger partial charge in [-0.2, -0.15) is 0 Å². The second-order valence-corrected chi connectivity index (χ2v) is 5.19. The molecule has 1 aliphatic heterocycles. The monoisotopic (exact) mass is 297 g/mol. The zero-order chi connectivity index (χ0) is 13.9. The van der Waals surface area contributed by atoms with Crippen molar-refractivity contribution in [2.24, 2.45) is 10.9 Å². The summed E-state index contributed by atoms with van der Waals surface area (Å²) >= 11 is 0. The van der Waals surface area contributed by atoms with Gasteiger partial charge >= 0.3 is 29.6 Å². The third kappa shape index (κ3) is 4.30. The molecule has 3 rings (SSSR count). The number of aliphatic imine (C=N–C) groups is 1. The molecule has 0 radical (unpaired) electrons. The average molecular weight is 297 g/mol. The Bertz CT molecular complexity index is 516. The van der Waals surface area contributed by atoms with E-state index in [1.54, 1.807) is 0 Å². The second kappa shape index (κ2) is 7.40. The summed E-state index contributed by atoms with van der Waals surface area (Å²) < 4.78 is 10.8. The van der Waals surface area contributed by atoms with Gasteiger partial charge in [-0.05, 0) is 24.3 Å². The topological polar surface area (TPSA) is 71.0 Å². The van der Waals surface area contributed by atoms with Crippen molar-refractivity contribution in [2.75, 3.05) is 6.61 Å². The van der Waals surface area contributed by atoms with Gasteiger partial charge in [-0.3, -0.25) is 0 Å². The maximum Gasteiger partial charge on any atom is 1.00 e. The average Bonchev–Trinajstić information content (AvgIpc) is 3.20. The predicted molar refractivity (Wildman–Crippen MR) is 69.9 cm³/mol. The molecule has 106 valence electrons. The van der Waals surface area contributed by atoms with Crippen molar-refractivity contribution in [3.05, 3.63) is 35.9 Å². The second-order valence-electron chi connectivity index (χ2n) is 5.19. The van der Waals surface area contributed by atoms with E-state index in [2.05, 4.69) is 4.99 Å². The molecular weight excluding hydrogens is 281 g/mol. The number of carboxylic acid groups (broad SMARTS) is 1. The van der Waals surface area contributed by atoms with Crippen LogP contribution in [0.3, 0.4) is 0 Å². The fourth-order valence-electron chi connectivity index (χ4n) is 2.36. The van der Waals surface area contributed by atoms with Crippen molar-refractivity contribution < 1.29 is 48.9 Å². The first-order chi connectivity index (χ1) is 9.74. The zero-order valence-corrected chi connectivity index (χ0v) is 14.0. The summed E-state index contributed by atoms with van der Waals surface area (Å²) in [5, 5.41) is 11.0. The van der Waals surface area contributed by atoms with Crippen molar-refractivity contribution >= 4 is 11.9 Å². The minimum absolute atomic E-state index is 0. The van der Waals surface area contributed by atoms with Crippen LogP contribution in [0.1, 0.15) is 18.4 Å². The van der Waals surface area contributed by atoms with Crippen LogP contribution in [0.2, 0.25) is 0 Å². The Morgan fingerprint density at radius 1 is 1.29 bits per heavy atom. The molecule has 0 amide bonds. The summed E-state index contributed by atoms with van der Waals surface area (Å²) in [5.41, 5.74) is 1.06. The molecule has 1 saturated carbocycles. The van der Waals surface area contributed by atoms with Crippen molar-refractivity contribution in [2.45, 2.75) is 31.6 Å². The van der Waals surface area contributed by atoms with Crippen LogP contribution in [-0.2, 0) is 20.9 Å². The minimum atomic E-state index is -1.19. The van der Waals surface area contributed by atoms with E-state index in [1.807, 2.05) is 30.3 Å². The molecular formula is C15H16NNaO4. The number of carbonyl (C=O) groups is 1. The standard InChI is InChI=1S/C15H17NO4.Na/c17-15(18)14-13(11-6-7-11)16-12(20-14)9-19-8-10-4-2-1-3-5-10;/h1-5,11,13-14H,6-9H2,(H,17,18);/q;+1/p-1/t13-,14+;/m0./s1. The smallest absolute Gasteiger partial charge is 0.546 e. The molecule has 0 unspecified atom stereocenters. The third-order valence-electron chi connectivity index (χ3n) is 3.54. The van der Waals surface area contributed by atoms with E-state index in [4.69, 9.17) is 9.47 Å². The summed E-state index contributed by atoms with van der Waals surface area (Å²) in [6.45, 7) is 0.648. The fraction of sp³-hybridized carbons (Fsp3) is 0.467. The number of hydrogen-bond acceptors (Lipinski definition) is 5. The number of ether oxygens (including phenoxy) is 2. The molecule has 0 spiro atoms. The van der Waals surface area contributed by atoms with Crippen LogP contribution in [0.5, 0.6) is 0 Å². The number of nitrogens with zero attached hydrogens (tertiary/aromatic N) is 1. The normalized spacial score (nSPS) is 23.9. The fourth-order valence-corrected chi connectivity index (χ4v) is 2.36. The number of carbonyl (C=O) groups excluding carboxylic acids is 1. The minimum Gasteiger partial charge on any atom is -0.546 e. The summed E-state index contributed by atoms with van der Waals surface area (Å²) in [6, 6.07) is 9.46. The molecule has 1 aliphatic carbocycles. The van der Waals surface area contributed by atoms with Gasteiger partial charge in [0.05, 0.1) is 18.6 Å². The summed E-state index contributed by atoms with van der Waals surface area (Å²) in [6.07, 6.45) is 1.08. The molecule has 1 fully saturated rings. The number of benzene rings is 1. The largest absolute Gasteiger partial charge is 1.00 e. The van der Waals surface area contributed by atoms with Crippen molar-refractivity contribution in [3.8, 4) is 0 Å². The van der Waals surface area contributed by atoms with E-state index in [0.717, 1.165) is 18.4 Å².